The van der Waals surface area contributed by atoms with Crippen molar-refractivity contribution in [2.75, 3.05) is 15.8 Å². The van der Waals surface area contributed by atoms with Gasteiger partial charge in [-0.3, -0.25) is 9.52 Å². The van der Waals surface area contributed by atoms with Crippen LogP contribution in [0.2, 0.25) is 5.15 Å². The average Bonchev–Trinajstić information content (AvgIpc) is 2.62. The van der Waals surface area contributed by atoms with Crippen LogP contribution >= 0.6 is 11.6 Å². The van der Waals surface area contributed by atoms with Crippen molar-refractivity contribution >= 4 is 49.8 Å². The molecule has 0 bridgehead atoms. The van der Waals surface area contributed by atoms with E-state index in [9.17, 15) is 13.2 Å². The smallest absolute Gasteiger partial charge is 0.255 e. The number of amides is 1. The van der Waals surface area contributed by atoms with Crippen molar-refractivity contribution in [3.05, 3.63) is 65.3 Å². The average molecular weight is 404 g/mol. The molecule has 0 saturated carbocycles. The molecule has 1 amide bonds. The fraction of sp³-hybridized carbons (Fsp3) is 0.158. The first-order valence-corrected chi connectivity index (χ1v) is 10.4. The van der Waals surface area contributed by atoms with Crippen LogP contribution in [0.15, 0.2) is 54.6 Å². The van der Waals surface area contributed by atoms with Crippen molar-refractivity contribution in [3.8, 4) is 0 Å². The number of carbonyl (C=O) groups is 1. The van der Waals surface area contributed by atoms with Crippen molar-refractivity contribution in [1.82, 2.24) is 4.98 Å². The third-order valence-electron chi connectivity index (χ3n) is 3.81. The minimum absolute atomic E-state index is 0.0630. The molecule has 140 valence electrons. The number of fused-ring (bicyclic) bond motifs is 1. The van der Waals surface area contributed by atoms with Crippen LogP contribution in [-0.2, 0) is 10.0 Å². The van der Waals surface area contributed by atoms with Crippen LogP contribution in [0.3, 0.4) is 0 Å². The van der Waals surface area contributed by atoms with Crippen molar-refractivity contribution in [2.45, 2.75) is 13.3 Å². The van der Waals surface area contributed by atoms with Crippen molar-refractivity contribution < 1.29 is 13.2 Å². The molecule has 0 atom stereocenters. The van der Waals surface area contributed by atoms with Crippen LogP contribution in [0.25, 0.3) is 10.9 Å². The quantitative estimate of drug-likeness (QED) is 0.601. The first kappa shape index (κ1) is 19.1. The molecule has 0 aliphatic carbocycles. The maximum absolute atomic E-state index is 12.5. The lowest BCUT2D eigenvalue weighted by molar-refractivity contribution is 0.102. The summed E-state index contributed by atoms with van der Waals surface area (Å²) in [4.78, 5) is 16.6. The molecule has 6 nitrogen and oxygen atoms in total. The van der Waals surface area contributed by atoms with Crippen LogP contribution in [0.4, 0.5) is 11.4 Å². The molecule has 8 heteroatoms. The third kappa shape index (κ3) is 4.96. The van der Waals surface area contributed by atoms with Gasteiger partial charge in [-0.2, -0.15) is 0 Å². The minimum atomic E-state index is -3.34. The second-order valence-corrected chi connectivity index (χ2v) is 8.22. The topological polar surface area (TPSA) is 88.2 Å². The van der Waals surface area contributed by atoms with Crippen LogP contribution in [0.5, 0.6) is 0 Å². The maximum atomic E-state index is 12.5. The number of anilines is 2. The van der Waals surface area contributed by atoms with Gasteiger partial charge in [0.05, 0.1) is 11.3 Å². The number of hydrogen-bond donors (Lipinski definition) is 2. The Morgan fingerprint density at radius 2 is 1.74 bits per heavy atom. The molecule has 0 spiro atoms. The molecule has 0 saturated heterocycles. The predicted octanol–water partition coefficient (Wildman–Crippen LogP) is 4.29. The number of aromatic nitrogens is 1. The number of pyridine rings is 1. The highest BCUT2D eigenvalue weighted by Gasteiger charge is 2.10. The van der Waals surface area contributed by atoms with Gasteiger partial charge in [-0.15, -0.1) is 0 Å². The van der Waals surface area contributed by atoms with Crippen LogP contribution in [-0.4, -0.2) is 25.1 Å². The van der Waals surface area contributed by atoms with Gasteiger partial charge in [0.25, 0.3) is 5.91 Å². The van der Waals surface area contributed by atoms with Gasteiger partial charge in [-0.05, 0) is 61.0 Å². The fourth-order valence-electron chi connectivity index (χ4n) is 2.57. The standard InChI is InChI=1S/C19H18ClN3O3S/c1-2-11-27(25,26)23-16-7-5-15(6-8-16)21-19(24)14-3-9-17-13(12-14)4-10-18(20)22-17/h3-10,12,23H,2,11H2,1H3,(H,21,24). The molecule has 0 aliphatic rings. The second kappa shape index (κ2) is 7.94. The summed E-state index contributed by atoms with van der Waals surface area (Å²) in [6, 6.07) is 15.1. The molecule has 2 aromatic carbocycles. The lowest BCUT2D eigenvalue weighted by atomic mass is 10.1. The Morgan fingerprint density at radius 1 is 1.04 bits per heavy atom. The number of hydrogen-bond acceptors (Lipinski definition) is 4. The van der Waals surface area contributed by atoms with Crippen LogP contribution in [0.1, 0.15) is 23.7 Å². The largest absolute Gasteiger partial charge is 0.322 e. The Bertz CT molecular complexity index is 1080. The van der Waals surface area contributed by atoms with Crippen LogP contribution < -0.4 is 10.0 Å². The highest BCUT2D eigenvalue weighted by Crippen LogP contribution is 2.19. The van der Waals surface area contributed by atoms with Gasteiger partial charge in [0, 0.05) is 22.3 Å². The van der Waals surface area contributed by atoms with Gasteiger partial charge < -0.3 is 5.32 Å². The summed E-state index contributed by atoms with van der Waals surface area (Å²) in [5.41, 5.74) is 2.21. The lowest BCUT2D eigenvalue weighted by Gasteiger charge is -2.09. The highest BCUT2D eigenvalue weighted by molar-refractivity contribution is 7.92. The molecule has 0 fully saturated rings. The summed E-state index contributed by atoms with van der Waals surface area (Å²) >= 11 is 5.87. The number of benzene rings is 2. The van der Waals surface area contributed by atoms with E-state index in [0.29, 0.717) is 34.0 Å². The number of sulfonamides is 1. The Kier molecular flexibility index (Phi) is 5.62. The molecule has 3 rings (SSSR count). The lowest BCUT2D eigenvalue weighted by Crippen LogP contribution is -2.16. The van der Waals surface area contributed by atoms with E-state index in [4.69, 9.17) is 11.6 Å². The zero-order chi connectivity index (χ0) is 19.4. The Morgan fingerprint density at radius 3 is 2.44 bits per heavy atom. The monoisotopic (exact) mass is 403 g/mol. The zero-order valence-electron chi connectivity index (χ0n) is 14.6. The van der Waals surface area contributed by atoms with Gasteiger partial charge in [-0.1, -0.05) is 18.5 Å². The molecule has 2 N–H and O–H groups in total. The van der Waals surface area contributed by atoms with E-state index in [0.717, 1.165) is 5.39 Å². The third-order valence-corrected chi connectivity index (χ3v) is 5.51. The molecular formula is C19H18ClN3O3S. The second-order valence-electron chi connectivity index (χ2n) is 5.99. The van der Waals surface area contributed by atoms with E-state index >= 15 is 0 Å². The number of rotatable bonds is 6. The predicted molar refractivity (Wildman–Crippen MR) is 109 cm³/mol. The van der Waals surface area contributed by atoms with Crippen molar-refractivity contribution in [2.24, 2.45) is 0 Å². The molecule has 0 aliphatic heterocycles. The van der Waals surface area contributed by atoms with E-state index in [1.807, 2.05) is 0 Å². The number of nitrogens with zero attached hydrogens (tertiary/aromatic N) is 1. The number of carbonyl (C=O) groups excluding carboxylic acids is 1. The van der Waals surface area contributed by atoms with E-state index < -0.39 is 10.0 Å². The molecule has 0 unspecified atom stereocenters. The molecule has 3 aromatic rings. The summed E-state index contributed by atoms with van der Waals surface area (Å²) in [6.45, 7) is 1.80. The van der Waals surface area contributed by atoms with Gasteiger partial charge >= 0.3 is 0 Å². The van der Waals surface area contributed by atoms with E-state index in [1.165, 1.54) is 0 Å². The number of halogens is 1. The number of nitrogens with one attached hydrogen (secondary N) is 2. The Balaban J connectivity index is 1.71. The van der Waals surface area contributed by atoms with Gasteiger partial charge in [0.1, 0.15) is 5.15 Å². The molecule has 1 heterocycles. The molecule has 1 aromatic heterocycles. The van der Waals surface area contributed by atoms with Crippen molar-refractivity contribution in [3.63, 3.8) is 0 Å². The first-order chi connectivity index (χ1) is 12.9. The summed E-state index contributed by atoms with van der Waals surface area (Å²) in [7, 11) is -3.34. The molecule has 27 heavy (non-hydrogen) atoms. The maximum Gasteiger partial charge on any atom is 0.255 e. The van der Waals surface area contributed by atoms with E-state index in [-0.39, 0.29) is 11.7 Å². The highest BCUT2D eigenvalue weighted by atomic mass is 35.5. The van der Waals surface area contributed by atoms with Crippen LogP contribution in [0, 0.1) is 0 Å². The summed E-state index contributed by atoms with van der Waals surface area (Å²) in [5, 5.41) is 4.00. The summed E-state index contributed by atoms with van der Waals surface area (Å²) < 4.78 is 26.1. The first-order valence-electron chi connectivity index (χ1n) is 8.34. The van der Waals surface area contributed by atoms with Gasteiger partial charge in [0.15, 0.2) is 0 Å². The summed E-state index contributed by atoms with van der Waals surface area (Å²) in [6.07, 6.45) is 0.539. The Labute approximate surface area is 162 Å². The fourth-order valence-corrected chi connectivity index (χ4v) is 3.85. The normalized spacial score (nSPS) is 11.3. The van der Waals surface area contributed by atoms with Gasteiger partial charge in [0.2, 0.25) is 10.0 Å². The van der Waals surface area contributed by atoms with E-state index in [1.54, 1.807) is 61.5 Å². The molecular weight excluding hydrogens is 386 g/mol. The minimum Gasteiger partial charge on any atom is -0.322 e. The Hall–Kier alpha value is -2.64. The summed E-state index contributed by atoms with van der Waals surface area (Å²) in [5.74, 6) is -0.209. The van der Waals surface area contributed by atoms with Gasteiger partial charge in [-0.25, -0.2) is 13.4 Å². The zero-order valence-corrected chi connectivity index (χ0v) is 16.1. The van der Waals surface area contributed by atoms with E-state index in [2.05, 4.69) is 15.0 Å². The molecule has 0 radical (unpaired) electrons. The SMILES string of the molecule is CCCS(=O)(=O)Nc1ccc(NC(=O)c2ccc3nc(Cl)ccc3c2)cc1. The van der Waals surface area contributed by atoms with Crippen molar-refractivity contribution in [1.29, 1.82) is 0 Å².